The molecule has 2 atom stereocenters. The predicted molar refractivity (Wildman–Crippen MR) is 65.3 cm³/mol. The van der Waals surface area contributed by atoms with Gasteiger partial charge in [-0.1, -0.05) is 29.8 Å². The van der Waals surface area contributed by atoms with Gasteiger partial charge in [0, 0.05) is 18.4 Å². The first kappa shape index (κ1) is 12.3. The van der Waals surface area contributed by atoms with Crippen LogP contribution in [-0.4, -0.2) is 11.8 Å². The second-order valence-corrected chi connectivity index (χ2v) is 4.69. The third-order valence-electron chi connectivity index (χ3n) is 2.89. The molecule has 2 rings (SSSR count). The van der Waals surface area contributed by atoms with Crippen LogP contribution in [0.15, 0.2) is 30.4 Å². The highest BCUT2D eigenvalue weighted by Crippen LogP contribution is 2.21. The number of allylic oxidation sites excluding steroid dienone is 1. The normalized spacial score (nSPS) is 23.0. The molecule has 0 heterocycles. The van der Waals surface area contributed by atoms with E-state index < -0.39 is 5.82 Å². The van der Waals surface area contributed by atoms with Gasteiger partial charge >= 0.3 is 0 Å². The minimum absolute atomic E-state index is 0.0271. The summed E-state index contributed by atoms with van der Waals surface area (Å²) in [5.41, 5.74) is 6.42. The van der Waals surface area contributed by atoms with E-state index in [9.17, 15) is 9.18 Å². The molecule has 2 unspecified atom stereocenters. The number of carbonyl (C=O) groups excluding carboxylic acids is 1. The lowest BCUT2D eigenvalue weighted by atomic mass is 9.97. The van der Waals surface area contributed by atoms with Crippen molar-refractivity contribution in [1.82, 2.24) is 0 Å². The lowest BCUT2D eigenvalue weighted by molar-refractivity contribution is -0.120. The fraction of sp³-hybridized carbons (Fsp3) is 0.308. The number of nitrogens with two attached hydrogens (primary N) is 1. The van der Waals surface area contributed by atoms with Crippen molar-refractivity contribution in [3.05, 3.63) is 46.8 Å². The number of benzene rings is 1. The van der Waals surface area contributed by atoms with Crippen molar-refractivity contribution < 1.29 is 9.18 Å². The molecule has 2 nitrogen and oxygen atoms in total. The van der Waals surface area contributed by atoms with Crippen molar-refractivity contribution >= 4 is 17.4 Å². The number of Topliss-reactive ketones (excluding diaryl/α,β-unsaturated/α-hetero) is 1. The molecular formula is C13H13ClFNO. The summed E-state index contributed by atoms with van der Waals surface area (Å²) in [6.45, 7) is 0. The average molecular weight is 254 g/mol. The largest absolute Gasteiger partial charge is 0.324 e. The molecule has 2 N–H and O–H groups in total. The highest BCUT2D eigenvalue weighted by molar-refractivity contribution is 6.30. The zero-order chi connectivity index (χ0) is 12.4. The van der Waals surface area contributed by atoms with E-state index in [4.69, 9.17) is 17.3 Å². The van der Waals surface area contributed by atoms with Crippen LogP contribution in [0, 0.1) is 11.7 Å². The Kier molecular flexibility index (Phi) is 3.60. The SMILES string of the molecule is NC1C=CC(C(=O)Cc2ccc(F)c(Cl)c2)C1. The van der Waals surface area contributed by atoms with Crippen LogP contribution < -0.4 is 5.73 Å². The van der Waals surface area contributed by atoms with E-state index in [0.29, 0.717) is 6.42 Å². The molecule has 17 heavy (non-hydrogen) atoms. The van der Waals surface area contributed by atoms with Crippen molar-refractivity contribution in [2.75, 3.05) is 0 Å². The molecule has 0 radical (unpaired) electrons. The van der Waals surface area contributed by atoms with Crippen molar-refractivity contribution in [3.63, 3.8) is 0 Å². The van der Waals surface area contributed by atoms with Crippen molar-refractivity contribution in [1.29, 1.82) is 0 Å². The predicted octanol–water partition coefficient (Wildman–Crippen LogP) is 2.49. The van der Waals surface area contributed by atoms with Gasteiger partial charge in [0.05, 0.1) is 5.02 Å². The van der Waals surface area contributed by atoms with E-state index in [1.54, 1.807) is 6.07 Å². The summed E-state index contributed by atoms with van der Waals surface area (Å²) in [6.07, 6.45) is 4.62. The Morgan fingerprint density at radius 3 is 2.82 bits per heavy atom. The third-order valence-corrected chi connectivity index (χ3v) is 3.18. The first-order valence-electron chi connectivity index (χ1n) is 5.47. The highest BCUT2D eigenvalue weighted by atomic mass is 35.5. The maximum Gasteiger partial charge on any atom is 0.144 e. The molecule has 0 fully saturated rings. The van der Waals surface area contributed by atoms with Gasteiger partial charge in [-0.15, -0.1) is 0 Å². The summed E-state index contributed by atoms with van der Waals surface area (Å²) in [7, 11) is 0. The van der Waals surface area contributed by atoms with E-state index in [2.05, 4.69) is 0 Å². The van der Waals surface area contributed by atoms with Crippen LogP contribution in [0.5, 0.6) is 0 Å². The Balaban J connectivity index is 2.03. The fourth-order valence-corrected chi connectivity index (χ4v) is 2.15. The lowest BCUT2D eigenvalue weighted by Gasteiger charge is -2.08. The Labute approximate surface area is 104 Å². The van der Waals surface area contributed by atoms with Crippen molar-refractivity contribution in [2.45, 2.75) is 18.9 Å². The summed E-state index contributed by atoms with van der Waals surface area (Å²) < 4.78 is 12.9. The highest BCUT2D eigenvalue weighted by Gasteiger charge is 2.22. The maximum atomic E-state index is 12.9. The minimum atomic E-state index is -0.467. The molecule has 1 aromatic rings. The number of rotatable bonds is 3. The van der Waals surface area contributed by atoms with Crippen molar-refractivity contribution in [3.8, 4) is 0 Å². The van der Waals surface area contributed by atoms with E-state index in [1.807, 2.05) is 12.2 Å². The van der Waals surface area contributed by atoms with Gasteiger partial charge < -0.3 is 5.73 Å². The summed E-state index contributed by atoms with van der Waals surface area (Å²) in [6, 6.07) is 4.33. The quantitative estimate of drug-likeness (QED) is 0.841. The van der Waals surface area contributed by atoms with Crippen LogP contribution >= 0.6 is 11.6 Å². The standard InChI is InChI=1S/C13H13ClFNO/c14-11-5-8(1-4-12(11)15)6-13(17)9-2-3-10(16)7-9/h1-5,9-10H,6-7,16H2. The lowest BCUT2D eigenvalue weighted by Crippen LogP contribution is -2.20. The zero-order valence-corrected chi connectivity index (χ0v) is 9.95. The fourth-order valence-electron chi connectivity index (χ4n) is 1.95. The zero-order valence-electron chi connectivity index (χ0n) is 9.20. The van der Waals surface area contributed by atoms with Gasteiger partial charge in [-0.05, 0) is 24.1 Å². The van der Waals surface area contributed by atoms with Crippen molar-refractivity contribution in [2.24, 2.45) is 11.7 Å². The molecule has 0 aliphatic heterocycles. The van der Waals surface area contributed by atoms with Gasteiger partial charge in [0.15, 0.2) is 0 Å². The summed E-state index contributed by atoms with van der Waals surface area (Å²) in [4.78, 5) is 11.9. The topological polar surface area (TPSA) is 43.1 Å². The van der Waals surface area contributed by atoms with Gasteiger partial charge in [0.1, 0.15) is 11.6 Å². The Morgan fingerprint density at radius 2 is 2.24 bits per heavy atom. The molecule has 4 heteroatoms. The number of halogens is 2. The van der Waals surface area contributed by atoms with Crippen LogP contribution in [0.1, 0.15) is 12.0 Å². The summed E-state index contributed by atoms with van der Waals surface area (Å²) in [5, 5.41) is 0.0500. The Hall–Kier alpha value is -1.19. The van der Waals surface area contributed by atoms with Gasteiger partial charge in [-0.2, -0.15) is 0 Å². The molecule has 1 aromatic carbocycles. The van der Waals surface area contributed by atoms with E-state index in [-0.39, 0.29) is 29.2 Å². The van der Waals surface area contributed by atoms with Gasteiger partial charge in [-0.25, -0.2) is 4.39 Å². The van der Waals surface area contributed by atoms with E-state index >= 15 is 0 Å². The van der Waals surface area contributed by atoms with E-state index in [0.717, 1.165) is 5.56 Å². The smallest absolute Gasteiger partial charge is 0.144 e. The Bertz CT molecular complexity index is 472. The van der Waals surface area contributed by atoms with Crippen LogP contribution in [0.25, 0.3) is 0 Å². The molecular weight excluding hydrogens is 241 g/mol. The van der Waals surface area contributed by atoms with Gasteiger partial charge in [0.2, 0.25) is 0 Å². The molecule has 0 aromatic heterocycles. The number of hydrogen-bond donors (Lipinski definition) is 1. The second-order valence-electron chi connectivity index (χ2n) is 4.28. The molecule has 0 spiro atoms. The van der Waals surface area contributed by atoms with Crippen LogP contribution in [0.4, 0.5) is 4.39 Å². The van der Waals surface area contributed by atoms with Crippen LogP contribution in [-0.2, 0) is 11.2 Å². The van der Waals surface area contributed by atoms with Gasteiger partial charge in [-0.3, -0.25) is 4.79 Å². The molecule has 1 aliphatic carbocycles. The first-order chi connectivity index (χ1) is 8.06. The third kappa shape index (κ3) is 2.93. The van der Waals surface area contributed by atoms with Crippen LogP contribution in [0.3, 0.4) is 0 Å². The first-order valence-corrected chi connectivity index (χ1v) is 5.84. The number of carbonyl (C=O) groups is 1. The monoisotopic (exact) mass is 253 g/mol. The minimum Gasteiger partial charge on any atom is -0.324 e. The molecule has 0 bridgehead atoms. The Morgan fingerprint density at radius 1 is 1.47 bits per heavy atom. The molecule has 0 saturated heterocycles. The van der Waals surface area contributed by atoms with E-state index in [1.165, 1.54) is 12.1 Å². The number of hydrogen-bond acceptors (Lipinski definition) is 2. The molecule has 1 aliphatic rings. The average Bonchev–Trinajstić information content (AvgIpc) is 2.70. The number of ketones is 1. The van der Waals surface area contributed by atoms with Gasteiger partial charge in [0.25, 0.3) is 0 Å². The maximum absolute atomic E-state index is 12.9. The molecule has 0 saturated carbocycles. The molecule has 90 valence electrons. The summed E-state index contributed by atoms with van der Waals surface area (Å²) in [5.74, 6) is -0.489. The van der Waals surface area contributed by atoms with Crippen LogP contribution in [0.2, 0.25) is 5.02 Å². The molecule has 0 amide bonds. The summed E-state index contributed by atoms with van der Waals surface area (Å²) >= 11 is 5.66. The second kappa shape index (κ2) is 4.98.